The second-order valence-corrected chi connectivity index (χ2v) is 8.36. The molecular formula is C19H20BrN5O. The molecule has 0 radical (unpaired) electrons. The van der Waals surface area contributed by atoms with Crippen molar-refractivity contribution in [1.82, 2.24) is 14.6 Å². The van der Waals surface area contributed by atoms with E-state index in [-0.39, 0.29) is 0 Å². The number of aromatic nitrogens is 4. The Balaban J connectivity index is 1.49. The van der Waals surface area contributed by atoms with E-state index in [2.05, 4.69) is 32.4 Å². The van der Waals surface area contributed by atoms with Crippen molar-refractivity contribution >= 4 is 27.4 Å². The van der Waals surface area contributed by atoms with Crippen LogP contribution in [0.25, 0.3) is 5.65 Å². The minimum atomic E-state index is 0.557. The summed E-state index contributed by atoms with van der Waals surface area (Å²) in [7, 11) is 0. The Hall–Kier alpha value is -2.15. The highest BCUT2D eigenvalue weighted by Crippen LogP contribution is 2.52. The molecule has 2 fully saturated rings. The zero-order chi connectivity index (χ0) is 17.7. The first-order valence-electron chi connectivity index (χ1n) is 9.13. The van der Waals surface area contributed by atoms with Crippen LogP contribution in [0, 0.1) is 17.0 Å². The standard InChI is InChI=1S/C19H20BrN5O/c20-16-10-22-25-18(21-9-13-2-1-5-24(26)11-13)8-17(23-19(16)25)15-7-12-3-4-14(15)6-12/h1-2,5,8,10-12,14-15,21H,3-4,6-7,9H2. The van der Waals surface area contributed by atoms with Crippen molar-refractivity contribution in [2.75, 3.05) is 5.32 Å². The number of rotatable bonds is 4. The molecule has 3 unspecified atom stereocenters. The lowest BCUT2D eigenvalue weighted by Gasteiger charge is -2.22. The van der Waals surface area contributed by atoms with E-state index in [9.17, 15) is 5.21 Å². The van der Waals surface area contributed by atoms with Crippen LogP contribution in [0.4, 0.5) is 5.82 Å². The van der Waals surface area contributed by atoms with Gasteiger partial charge in [-0.25, -0.2) is 4.98 Å². The maximum atomic E-state index is 11.5. The predicted molar refractivity (Wildman–Crippen MR) is 102 cm³/mol. The van der Waals surface area contributed by atoms with Gasteiger partial charge in [-0.3, -0.25) is 0 Å². The second-order valence-electron chi connectivity index (χ2n) is 7.50. The van der Waals surface area contributed by atoms with Crippen molar-refractivity contribution in [3.8, 4) is 0 Å². The maximum Gasteiger partial charge on any atom is 0.185 e. The summed E-state index contributed by atoms with van der Waals surface area (Å²) in [6, 6.07) is 5.85. The molecule has 0 spiro atoms. The van der Waals surface area contributed by atoms with Crippen LogP contribution in [0.2, 0.25) is 0 Å². The van der Waals surface area contributed by atoms with Crippen LogP contribution >= 0.6 is 15.9 Å². The largest absolute Gasteiger partial charge is 0.619 e. The van der Waals surface area contributed by atoms with E-state index in [1.165, 1.54) is 37.6 Å². The van der Waals surface area contributed by atoms with Gasteiger partial charge in [0.05, 0.1) is 10.7 Å². The topological polar surface area (TPSA) is 69.2 Å². The molecule has 5 rings (SSSR count). The average molecular weight is 414 g/mol. The Morgan fingerprint density at radius 1 is 1.35 bits per heavy atom. The van der Waals surface area contributed by atoms with Crippen LogP contribution in [-0.4, -0.2) is 14.6 Å². The van der Waals surface area contributed by atoms with Crippen molar-refractivity contribution in [2.24, 2.45) is 11.8 Å². The summed E-state index contributed by atoms with van der Waals surface area (Å²) in [6.45, 7) is 0.565. The number of nitrogens with one attached hydrogen (secondary N) is 1. The third-order valence-corrected chi connectivity index (χ3v) is 6.44. The van der Waals surface area contributed by atoms with Gasteiger partial charge >= 0.3 is 0 Å². The molecule has 3 aromatic heterocycles. The van der Waals surface area contributed by atoms with Crippen molar-refractivity contribution in [3.63, 3.8) is 0 Å². The van der Waals surface area contributed by atoms with Gasteiger partial charge in [0.25, 0.3) is 0 Å². The molecule has 0 amide bonds. The number of nitrogens with zero attached hydrogens (tertiary/aromatic N) is 4. The van der Waals surface area contributed by atoms with Crippen LogP contribution in [0.3, 0.4) is 0 Å². The molecule has 0 saturated heterocycles. The van der Waals surface area contributed by atoms with Crippen LogP contribution in [-0.2, 0) is 6.54 Å². The van der Waals surface area contributed by atoms with Crippen molar-refractivity contribution in [1.29, 1.82) is 0 Å². The molecule has 2 saturated carbocycles. The van der Waals surface area contributed by atoms with Crippen LogP contribution in [0.1, 0.15) is 42.9 Å². The molecule has 3 heterocycles. The fourth-order valence-corrected chi connectivity index (χ4v) is 5.02. The van der Waals surface area contributed by atoms with Gasteiger partial charge in [-0.2, -0.15) is 14.3 Å². The lowest BCUT2D eigenvalue weighted by Crippen LogP contribution is -2.25. The summed E-state index contributed by atoms with van der Waals surface area (Å²) in [5.74, 6) is 3.13. The van der Waals surface area contributed by atoms with Gasteiger partial charge in [0.1, 0.15) is 5.82 Å². The van der Waals surface area contributed by atoms with E-state index in [4.69, 9.17) is 4.98 Å². The van der Waals surface area contributed by atoms with Crippen LogP contribution in [0.15, 0.2) is 41.3 Å². The Morgan fingerprint density at radius 3 is 3.04 bits per heavy atom. The Kier molecular flexibility index (Phi) is 3.85. The normalized spacial score (nSPS) is 24.4. The fourth-order valence-electron chi connectivity index (χ4n) is 4.68. The SMILES string of the molecule is [O-][n+]1cccc(CNc2cc(C3CC4CCC3C4)nc3c(Br)cnn23)c1. The molecular weight excluding hydrogens is 394 g/mol. The summed E-state index contributed by atoms with van der Waals surface area (Å²) < 4.78 is 3.56. The van der Waals surface area contributed by atoms with Gasteiger partial charge in [-0.05, 0) is 53.1 Å². The lowest BCUT2D eigenvalue weighted by molar-refractivity contribution is -0.605. The van der Waals surface area contributed by atoms with E-state index < -0.39 is 0 Å². The van der Waals surface area contributed by atoms with E-state index in [0.717, 1.165) is 38.1 Å². The minimum absolute atomic E-state index is 0.557. The molecule has 2 aliphatic rings. The Morgan fingerprint density at radius 2 is 2.27 bits per heavy atom. The first-order chi connectivity index (χ1) is 12.7. The minimum Gasteiger partial charge on any atom is -0.619 e. The van der Waals surface area contributed by atoms with Crippen molar-refractivity contribution < 1.29 is 4.73 Å². The monoisotopic (exact) mass is 413 g/mol. The molecule has 3 aromatic rings. The molecule has 0 aliphatic heterocycles. The van der Waals surface area contributed by atoms with Gasteiger partial charge in [-0.15, -0.1) is 0 Å². The van der Waals surface area contributed by atoms with Crippen LogP contribution < -0.4 is 10.0 Å². The lowest BCUT2D eigenvalue weighted by atomic mass is 9.86. The quantitative estimate of drug-likeness (QED) is 0.523. The number of hydrogen-bond acceptors (Lipinski definition) is 4. The third kappa shape index (κ3) is 2.74. The number of fused-ring (bicyclic) bond motifs is 3. The highest BCUT2D eigenvalue weighted by molar-refractivity contribution is 9.10. The second kappa shape index (κ2) is 6.23. The highest BCUT2D eigenvalue weighted by atomic mass is 79.9. The zero-order valence-electron chi connectivity index (χ0n) is 14.3. The predicted octanol–water partition coefficient (Wildman–Crippen LogP) is 3.64. The molecule has 26 heavy (non-hydrogen) atoms. The van der Waals surface area contributed by atoms with Crippen molar-refractivity contribution in [2.45, 2.75) is 38.1 Å². The smallest absolute Gasteiger partial charge is 0.185 e. The molecule has 0 aromatic carbocycles. The first kappa shape index (κ1) is 16.1. The van der Waals surface area contributed by atoms with Gasteiger partial charge in [0.15, 0.2) is 18.0 Å². The Bertz CT molecular complexity index is 972. The summed E-state index contributed by atoms with van der Waals surface area (Å²) in [4.78, 5) is 4.92. The molecule has 2 bridgehead atoms. The number of hydrogen-bond donors (Lipinski definition) is 1. The highest BCUT2D eigenvalue weighted by Gasteiger charge is 2.41. The van der Waals surface area contributed by atoms with Crippen molar-refractivity contribution in [3.05, 3.63) is 57.7 Å². The molecule has 6 nitrogen and oxygen atoms in total. The summed E-state index contributed by atoms with van der Waals surface area (Å²) in [6.07, 6.45) is 10.2. The molecule has 2 aliphatic carbocycles. The fraction of sp³-hybridized carbons (Fsp3) is 0.421. The van der Waals surface area contributed by atoms with E-state index in [0.29, 0.717) is 12.5 Å². The van der Waals surface area contributed by atoms with E-state index >= 15 is 0 Å². The zero-order valence-corrected chi connectivity index (χ0v) is 15.9. The molecule has 3 atom stereocenters. The number of halogens is 1. The van der Waals surface area contributed by atoms with Crippen LogP contribution in [0.5, 0.6) is 0 Å². The summed E-state index contributed by atoms with van der Waals surface area (Å²) in [5, 5.41) is 19.4. The van der Waals surface area contributed by atoms with E-state index in [1.807, 2.05) is 10.6 Å². The summed E-state index contributed by atoms with van der Waals surface area (Å²) in [5.41, 5.74) is 2.94. The van der Waals surface area contributed by atoms with Gasteiger partial charge in [0, 0.05) is 35.9 Å². The first-order valence-corrected chi connectivity index (χ1v) is 9.92. The van der Waals surface area contributed by atoms with Gasteiger partial charge in [-0.1, -0.05) is 6.42 Å². The molecule has 1 N–H and O–H groups in total. The van der Waals surface area contributed by atoms with E-state index in [1.54, 1.807) is 18.5 Å². The van der Waals surface area contributed by atoms with Gasteiger partial charge in [0.2, 0.25) is 0 Å². The number of pyridine rings is 1. The third-order valence-electron chi connectivity index (χ3n) is 5.88. The number of anilines is 1. The van der Waals surface area contributed by atoms with Gasteiger partial charge < -0.3 is 10.5 Å². The Labute approximate surface area is 160 Å². The molecule has 134 valence electrons. The average Bonchev–Trinajstić information content (AvgIpc) is 3.36. The maximum absolute atomic E-state index is 11.5. The molecule has 7 heteroatoms. The summed E-state index contributed by atoms with van der Waals surface area (Å²) >= 11 is 3.57.